The Morgan fingerprint density at radius 1 is 1.50 bits per heavy atom. The molecule has 0 amide bonds. The summed E-state index contributed by atoms with van der Waals surface area (Å²) in [6.45, 7) is 9.85. The van der Waals surface area contributed by atoms with Crippen molar-refractivity contribution in [2.75, 3.05) is 33.4 Å². The Bertz CT molecular complexity index is 311. The fourth-order valence-corrected chi connectivity index (χ4v) is 2.27. The second kappa shape index (κ2) is 8.61. The van der Waals surface area contributed by atoms with E-state index in [4.69, 9.17) is 4.74 Å². The maximum absolute atomic E-state index is 9.37. The summed E-state index contributed by atoms with van der Waals surface area (Å²) in [7, 11) is 2.11. The summed E-state index contributed by atoms with van der Waals surface area (Å²) in [5, 5.41) is 12.7. The summed E-state index contributed by atoms with van der Waals surface area (Å²) < 4.78 is 5.68. The first-order valence-corrected chi connectivity index (χ1v) is 7.95. The van der Waals surface area contributed by atoms with Crippen molar-refractivity contribution in [3.05, 3.63) is 0 Å². The molecule has 1 aliphatic rings. The van der Waals surface area contributed by atoms with E-state index < -0.39 is 5.54 Å². The van der Waals surface area contributed by atoms with Gasteiger partial charge in [-0.2, -0.15) is 5.26 Å². The number of nitriles is 1. The van der Waals surface area contributed by atoms with Crippen molar-refractivity contribution in [1.29, 1.82) is 5.26 Å². The average molecular weight is 281 g/mol. The third kappa shape index (κ3) is 6.69. The Labute approximate surface area is 124 Å². The van der Waals surface area contributed by atoms with E-state index in [1.165, 1.54) is 12.8 Å². The molecule has 0 aliphatic heterocycles. The van der Waals surface area contributed by atoms with Gasteiger partial charge in [0.1, 0.15) is 5.54 Å². The van der Waals surface area contributed by atoms with Crippen LogP contribution in [0.3, 0.4) is 0 Å². The van der Waals surface area contributed by atoms with Gasteiger partial charge in [0, 0.05) is 19.2 Å². The van der Waals surface area contributed by atoms with E-state index in [2.05, 4.69) is 37.2 Å². The molecule has 0 aromatic heterocycles. The highest BCUT2D eigenvalue weighted by molar-refractivity contribution is 5.05. The van der Waals surface area contributed by atoms with Gasteiger partial charge in [-0.25, -0.2) is 0 Å². The molecular weight excluding hydrogens is 250 g/mol. The summed E-state index contributed by atoms with van der Waals surface area (Å²) >= 11 is 0. The van der Waals surface area contributed by atoms with Crippen LogP contribution in [0.2, 0.25) is 0 Å². The molecule has 1 N–H and O–H groups in total. The molecule has 116 valence electrons. The Morgan fingerprint density at radius 2 is 2.20 bits per heavy atom. The maximum atomic E-state index is 9.37. The quantitative estimate of drug-likeness (QED) is 0.591. The average Bonchev–Trinajstić information content (AvgIpc) is 3.25. The minimum atomic E-state index is -0.432. The topological polar surface area (TPSA) is 48.3 Å². The standard InChI is InChI=1S/C16H31N3O/c1-5-8-18-16(3,13-17)11-14(2)19(4)9-10-20-12-15-6-7-15/h14-15,18H,5-12H2,1-4H3. The van der Waals surface area contributed by atoms with Crippen molar-refractivity contribution < 1.29 is 4.74 Å². The zero-order valence-electron chi connectivity index (χ0n) is 13.6. The highest BCUT2D eigenvalue weighted by Crippen LogP contribution is 2.28. The van der Waals surface area contributed by atoms with Gasteiger partial charge in [-0.15, -0.1) is 0 Å². The van der Waals surface area contributed by atoms with Crippen LogP contribution in [-0.2, 0) is 4.74 Å². The van der Waals surface area contributed by atoms with Crippen molar-refractivity contribution in [1.82, 2.24) is 10.2 Å². The summed E-state index contributed by atoms with van der Waals surface area (Å²) in [5.41, 5.74) is -0.432. The van der Waals surface area contributed by atoms with Gasteiger partial charge in [0.05, 0.1) is 12.7 Å². The largest absolute Gasteiger partial charge is 0.380 e. The molecule has 1 fully saturated rings. The number of nitrogens with zero attached hydrogens (tertiary/aromatic N) is 2. The van der Waals surface area contributed by atoms with Gasteiger partial charge < -0.3 is 9.64 Å². The molecule has 1 saturated carbocycles. The zero-order valence-corrected chi connectivity index (χ0v) is 13.6. The summed E-state index contributed by atoms with van der Waals surface area (Å²) in [5.74, 6) is 0.831. The lowest BCUT2D eigenvalue weighted by Crippen LogP contribution is -2.47. The SMILES string of the molecule is CCCNC(C)(C#N)CC(C)N(C)CCOCC1CC1. The number of hydrogen-bond donors (Lipinski definition) is 1. The molecular formula is C16H31N3O. The second-order valence-corrected chi connectivity index (χ2v) is 6.42. The molecule has 0 heterocycles. The smallest absolute Gasteiger partial charge is 0.105 e. The van der Waals surface area contributed by atoms with E-state index >= 15 is 0 Å². The minimum Gasteiger partial charge on any atom is -0.380 e. The first-order chi connectivity index (χ1) is 9.50. The van der Waals surface area contributed by atoms with E-state index in [1.807, 2.05) is 6.92 Å². The van der Waals surface area contributed by atoms with Crippen molar-refractivity contribution in [2.24, 2.45) is 5.92 Å². The van der Waals surface area contributed by atoms with Gasteiger partial charge in [-0.1, -0.05) is 6.92 Å². The molecule has 2 unspecified atom stereocenters. The van der Waals surface area contributed by atoms with Crippen molar-refractivity contribution in [2.45, 2.75) is 58.0 Å². The lowest BCUT2D eigenvalue weighted by Gasteiger charge is -2.31. The predicted molar refractivity (Wildman–Crippen MR) is 82.6 cm³/mol. The first-order valence-electron chi connectivity index (χ1n) is 7.95. The van der Waals surface area contributed by atoms with Crippen molar-refractivity contribution in [3.8, 4) is 6.07 Å². The van der Waals surface area contributed by atoms with Crippen LogP contribution in [0.25, 0.3) is 0 Å². The summed E-state index contributed by atoms with van der Waals surface area (Å²) in [4.78, 5) is 2.29. The molecule has 0 aromatic rings. The summed E-state index contributed by atoms with van der Waals surface area (Å²) in [6.07, 6.45) is 4.57. The lowest BCUT2D eigenvalue weighted by molar-refractivity contribution is 0.0891. The third-order valence-electron chi connectivity index (χ3n) is 4.11. The predicted octanol–water partition coefficient (Wildman–Crippen LogP) is 2.41. The molecule has 0 spiro atoms. The van der Waals surface area contributed by atoms with Gasteiger partial charge in [-0.3, -0.25) is 5.32 Å². The zero-order chi connectivity index (χ0) is 15.0. The summed E-state index contributed by atoms with van der Waals surface area (Å²) in [6, 6.07) is 2.79. The molecule has 0 aromatic carbocycles. The van der Waals surface area contributed by atoms with Crippen molar-refractivity contribution >= 4 is 0 Å². The van der Waals surface area contributed by atoms with E-state index in [1.54, 1.807) is 0 Å². The van der Waals surface area contributed by atoms with Crippen LogP contribution >= 0.6 is 0 Å². The van der Waals surface area contributed by atoms with Crippen LogP contribution in [0.1, 0.15) is 46.5 Å². The van der Waals surface area contributed by atoms with Crippen LogP contribution in [0.4, 0.5) is 0 Å². The second-order valence-electron chi connectivity index (χ2n) is 6.42. The van der Waals surface area contributed by atoms with E-state index in [-0.39, 0.29) is 0 Å². The van der Waals surface area contributed by atoms with Crippen molar-refractivity contribution in [3.63, 3.8) is 0 Å². The molecule has 4 heteroatoms. The maximum Gasteiger partial charge on any atom is 0.105 e. The molecule has 0 saturated heterocycles. The van der Waals surface area contributed by atoms with Crippen LogP contribution < -0.4 is 5.32 Å². The highest BCUT2D eigenvalue weighted by atomic mass is 16.5. The molecule has 1 rings (SSSR count). The number of rotatable bonds is 11. The number of likely N-dealkylation sites (N-methyl/N-ethyl adjacent to an activating group) is 1. The highest BCUT2D eigenvalue weighted by Gasteiger charge is 2.27. The van der Waals surface area contributed by atoms with Gasteiger partial charge in [0.2, 0.25) is 0 Å². The van der Waals surface area contributed by atoms with Gasteiger partial charge in [0.25, 0.3) is 0 Å². The fraction of sp³-hybridized carbons (Fsp3) is 0.938. The minimum absolute atomic E-state index is 0.369. The number of hydrogen-bond acceptors (Lipinski definition) is 4. The normalized spacial score (nSPS) is 19.6. The Morgan fingerprint density at radius 3 is 2.75 bits per heavy atom. The molecule has 1 aliphatic carbocycles. The Hall–Kier alpha value is -0.630. The van der Waals surface area contributed by atoms with Crippen LogP contribution in [0.5, 0.6) is 0 Å². The van der Waals surface area contributed by atoms with Gasteiger partial charge >= 0.3 is 0 Å². The molecule has 0 radical (unpaired) electrons. The number of ether oxygens (including phenoxy) is 1. The van der Waals surface area contributed by atoms with Crippen LogP contribution in [0.15, 0.2) is 0 Å². The monoisotopic (exact) mass is 281 g/mol. The first kappa shape index (κ1) is 17.4. The third-order valence-corrected chi connectivity index (χ3v) is 4.11. The van der Waals surface area contributed by atoms with Gasteiger partial charge in [-0.05, 0) is 59.0 Å². The van der Waals surface area contributed by atoms with E-state index in [0.29, 0.717) is 6.04 Å². The number of nitrogens with one attached hydrogen (secondary N) is 1. The van der Waals surface area contributed by atoms with Crippen LogP contribution in [-0.4, -0.2) is 49.8 Å². The van der Waals surface area contributed by atoms with E-state index in [9.17, 15) is 5.26 Å². The molecule has 20 heavy (non-hydrogen) atoms. The van der Waals surface area contributed by atoms with Gasteiger partial charge in [0.15, 0.2) is 0 Å². The molecule has 4 nitrogen and oxygen atoms in total. The Kier molecular flexibility index (Phi) is 7.50. The van der Waals surface area contributed by atoms with Crippen LogP contribution in [0, 0.1) is 17.2 Å². The fourth-order valence-electron chi connectivity index (χ4n) is 2.27. The molecule has 2 atom stereocenters. The molecule has 0 bridgehead atoms. The van der Waals surface area contributed by atoms with E-state index in [0.717, 1.165) is 45.1 Å². The Balaban J connectivity index is 2.23. The lowest BCUT2D eigenvalue weighted by atomic mass is 9.94.